The maximum atomic E-state index is 9.47. The molecule has 1 fully saturated rings. The monoisotopic (exact) mass is 268 g/mol. The van der Waals surface area contributed by atoms with E-state index in [0.29, 0.717) is 0 Å². The lowest BCUT2D eigenvalue weighted by Gasteiger charge is -2.22. The SMILES string of the molecule is CCCn1c(C)nnc1CN1C[C@H](OC)C[C@H]1CO. The fourth-order valence-corrected chi connectivity index (χ4v) is 2.73. The van der Waals surface area contributed by atoms with Gasteiger partial charge in [0.05, 0.1) is 19.3 Å². The lowest BCUT2D eigenvalue weighted by Crippen LogP contribution is -2.33. The van der Waals surface area contributed by atoms with E-state index < -0.39 is 0 Å². The molecule has 1 saturated heterocycles. The summed E-state index contributed by atoms with van der Waals surface area (Å²) in [5, 5.41) is 17.9. The molecule has 0 bridgehead atoms. The Morgan fingerprint density at radius 1 is 1.42 bits per heavy atom. The third kappa shape index (κ3) is 3.13. The summed E-state index contributed by atoms with van der Waals surface area (Å²) in [5.74, 6) is 1.94. The zero-order valence-corrected chi connectivity index (χ0v) is 12.0. The second-order valence-corrected chi connectivity index (χ2v) is 5.17. The van der Waals surface area contributed by atoms with Crippen molar-refractivity contribution < 1.29 is 9.84 Å². The minimum absolute atomic E-state index is 0.164. The van der Waals surface area contributed by atoms with Crippen molar-refractivity contribution in [3.63, 3.8) is 0 Å². The Morgan fingerprint density at radius 2 is 2.21 bits per heavy atom. The summed E-state index contributed by atoms with van der Waals surface area (Å²) in [5.41, 5.74) is 0. The third-order valence-corrected chi connectivity index (χ3v) is 3.84. The van der Waals surface area contributed by atoms with Crippen LogP contribution in [0.4, 0.5) is 0 Å². The van der Waals surface area contributed by atoms with Crippen LogP contribution in [0.1, 0.15) is 31.4 Å². The van der Waals surface area contributed by atoms with Gasteiger partial charge < -0.3 is 14.4 Å². The van der Waals surface area contributed by atoms with Gasteiger partial charge in [0.2, 0.25) is 0 Å². The number of hydrogen-bond acceptors (Lipinski definition) is 5. The Kier molecular flexibility index (Phi) is 4.90. The van der Waals surface area contributed by atoms with E-state index in [4.69, 9.17) is 4.74 Å². The number of aliphatic hydroxyl groups is 1. The Balaban J connectivity index is 2.07. The molecule has 2 heterocycles. The molecule has 0 amide bonds. The number of aromatic nitrogens is 3. The Hall–Kier alpha value is -0.980. The van der Waals surface area contributed by atoms with E-state index in [9.17, 15) is 5.11 Å². The second kappa shape index (κ2) is 6.45. The highest BCUT2D eigenvalue weighted by Crippen LogP contribution is 2.21. The first-order valence-corrected chi connectivity index (χ1v) is 6.96. The maximum Gasteiger partial charge on any atom is 0.147 e. The van der Waals surface area contributed by atoms with Crippen molar-refractivity contribution in [1.29, 1.82) is 0 Å². The smallest absolute Gasteiger partial charge is 0.147 e. The van der Waals surface area contributed by atoms with Gasteiger partial charge in [0.1, 0.15) is 11.6 Å². The summed E-state index contributed by atoms with van der Waals surface area (Å²) in [6.45, 7) is 6.82. The number of aliphatic hydroxyl groups excluding tert-OH is 1. The van der Waals surface area contributed by atoms with Gasteiger partial charge in [0.15, 0.2) is 0 Å². The first kappa shape index (κ1) is 14.4. The molecule has 6 heteroatoms. The molecule has 2 rings (SSSR count). The van der Waals surface area contributed by atoms with E-state index in [1.54, 1.807) is 7.11 Å². The molecule has 0 aliphatic carbocycles. The highest BCUT2D eigenvalue weighted by atomic mass is 16.5. The predicted octanol–water partition coefficient (Wildman–Crippen LogP) is 0.578. The Labute approximate surface area is 114 Å². The van der Waals surface area contributed by atoms with Crippen LogP contribution in [0.15, 0.2) is 0 Å². The third-order valence-electron chi connectivity index (χ3n) is 3.84. The summed E-state index contributed by atoms with van der Waals surface area (Å²) in [6, 6.07) is 0.164. The van der Waals surface area contributed by atoms with Crippen LogP contribution in [-0.4, -0.2) is 57.2 Å². The van der Waals surface area contributed by atoms with Gasteiger partial charge in [-0.2, -0.15) is 0 Å². The molecule has 0 saturated carbocycles. The molecular weight excluding hydrogens is 244 g/mol. The molecule has 2 atom stereocenters. The van der Waals surface area contributed by atoms with Crippen molar-refractivity contribution in [3.8, 4) is 0 Å². The van der Waals surface area contributed by atoms with E-state index >= 15 is 0 Å². The number of rotatable bonds is 6. The molecule has 1 aliphatic rings. The van der Waals surface area contributed by atoms with Crippen LogP contribution in [-0.2, 0) is 17.8 Å². The minimum atomic E-state index is 0.164. The standard InChI is InChI=1S/C13H24N4O2/c1-4-5-17-10(2)14-15-13(17)8-16-7-12(19-3)6-11(16)9-18/h11-12,18H,4-9H2,1-3H3/t11-,12+/m0/s1. The number of likely N-dealkylation sites (tertiary alicyclic amines) is 1. The number of hydrogen-bond donors (Lipinski definition) is 1. The average Bonchev–Trinajstić information content (AvgIpc) is 2.97. The summed E-state index contributed by atoms with van der Waals surface area (Å²) in [4.78, 5) is 2.24. The van der Waals surface area contributed by atoms with Crippen molar-refractivity contribution in [2.45, 2.75) is 51.9 Å². The van der Waals surface area contributed by atoms with E-state index in [2.05, 4.69) is 26.6 Å². The molecule has 1 aromatic rings. The van der Waals surface area contributed by atoms with Crippen LogP contribution in [0, 0.1) is 6.92 Å². The first-order chi connectivity index (χ1) is 9.19. The number of aryl methyl sites for hydroxylation is 1. The van der Waals surface area contributed by atoms with Crippen LogP contribution in [0.5, 0.6) is 0 Å². The molecule has 19 heavy (non-hydrogen) atoms. The molecule has 1 N–H and O–H groups in total. The van der Waals surface area contributed by atoms with Crippen LogP contribution in [0.2, 0.25) is 0 Å². The summed E-state index contributed by atoms with van der Waals surface area (Å²) >= 11 is 0. The molecule has 0 radical (unpaired) electrons. The summed E-state index contributed by atoms with van der Waals surface area (Å²) < 4.78 is 7.56. The summed E-state index contributed by atoms with van der Waals surface area (Å²) in [7, 11) is 1.73. The fraction of sp³-hybridized carbons (Fsp3) is 0.846. The Morgan fingerprint density at radius 3 is 2.84 bits per heavy atom. The highest BCUT2D eigenvalue weighted by Gasteiger charge is 2.32. The molecule has 0 aromatic carbocycles. The zero-order valence-electron chi connectivity index (χ0n) is 12.0. The number of ether oxygens (including phenoxy) is 1. The van der Waals surface area contributed by atoms with Gasteiger partial charge in [-0.1, -0.05) is 6.92 Å². The van der Waals surface area contributed by atoms with Gasteiger partial charge in [-0.05, 0) is 19.8 Å². The largest absolute Gasteiger partial charge is 0.395 e. The van der Waals surface area contributed by atoms with Gasteiger partial charge in [-0.25, -0.2) is 0 Å². The van der Waals surface area contributed by atoms with Gasteiger partial charge in [-0.15, -0.1) is 10.2 Å². The van der Waals surface area contributed by atoms with Gasteiger partial charge >= 0.3 is 0 Å². The molecule has 0 unspecified atom stereocenters. The van der Waals surface area contributed by atoms with Crippen molar-refractivity contribution in [3.05, 3.63) is 11.6 Å². The molecule has 108 valence electrons. The summed E-state index contributed by atoms with van der Waals surface area (Å²) in [6.07, 6.45) is 2.16. The van der Waals surface area contributed by atoms with Crippen LogP contribution in [0.3, 0.4) is 0 Å². The molecule has 0 spiro atoms. The van der Waals surface area contributed by atoms with E-state index in [0.717, 1.165) is 44.1 Å². The second-order valence-electron chi connectivity index (χ2n) is 5.17. The molecule has 1 aromatic heterocycles. The zero-order chi connectivity index (χ0) is 13.8. The average molecular weight is 268 g/mol. The van der Waals surface area contributed by atoms with E-state index in [-0.39, 0.29) is 18.8 Å². The number of nitrogens with zero attached hydrogens (tertiary/aromatic N) is 4. The maximum absolute atomic E-state index is 9.47. The van der Waals surface area contributed by atoms with Gasteiger partial charge in [-0.3, -0.25) is 4.90 Å². The lowest BCUT2D eigenvalue weighted by molar-refractivity contribution is 0.106. The molecule has 1 aliphatic heterocycles. The van der Waals surface area contributed by atoms with Crippen molar-refractivity contribution >= 4 is 0 Å². The van der Waals surface area contributed by atoms with Gasteiger partial charge in [0.25, 0.3) is 0 Å². The van der Waals surface area contributed by atoms with Gasteiger partial charge in [0, 0.05) is 26.2 Å². The van der Waals surface area contributed by atoms with E-state index in [1.807, 2.05) is 6.92 Å². The fourth-order valence-electron chi connectivity index (χ4n) is 2.73. The first-order valence-electron chi connectivity index (χ1n) is 6.96. The van der Waals surface area contributed by atoms with Crippen LogP contribution >= 0.6 is 0 Å². The van der Waals surface area contributed by atoms with Crippen LogP contribution < -0.4 is 0 Å². The normalized spacial score (nSPS) is 24.2. The van der Waals surface area contributed by atoms with Crippen LogP contribution in [0.25, 0.3) is 0 Å². The highest BCUT2D eigenvalue weighted by molar-refractivity contribution is 4.97. The van der Waals surface area contributed by atoms with Crippen molar-refractivity contribution in [2.24, 2.45) is 0 Å². The van der Waals surface area contributed by atoms with Crippen molar-refractivity contribution in [2.75, 3.05) is 20.3 Å². The molecule has 6 nitrogen and oxygen atoms in total. The topological polar surface area (TPSA) is 63.4 Å². The van der Waals surface area contributed by atoms with E-state index in [1.165, 1.54) is 0 Å². The quantitative estimate of drug-likeness (QED) is 0.817. The molecular formula is C13H24N4O2. The lowest BCUT2D eigenvalue weighted by atomic mass is 10.2. The van der Waals surface area contributed by atoms with Crippen molar-refractivity contribution in [1.82, 2.24) is 19.7 Å². The predicted molar refractivity (Wildman–Crippen MR) is 71.7 cm³/mol. The number of methoxy groups -OCH3 is 1. The Bertz CT molecular complexity index is 407. The minimum Gasteiger partial charge on any atom is -0.395 e.